The van der Waals surface area contributed by atoms with Crippen molar-refractivity contribution >= 4 is 29.1 Å². The molecule has 0 saturated carbocycles. The number of benzene rings is 1. The maximum Gasteiger partial charge on any atom is 0.229 e. The molecule has 2 aromatic heterocycles. The van der Waals surface area contributed by atoms with Gasteiger partial charge in [0.15, 0.2) is 0 Å². The number of piperazine rings is 1. The molecule has 0 atom stereocenters. The molecule has 176 valence electrons. The number of nitrogens with one attached hydrogen (secondary N) is 1. The van der Waals surface area contributed by atoms with E-state index in [0.717, 1.165) is 55.3 Å². The minimum Gasteiger partial charge on any atom is -0.363 e. The molecule has 0 unspecified atom stereocenters. The molecule has 3 heterocycles. The molecular formula is C26H37N7. The third-order valence-electron chi connectivity index (χ3n) is 5.52. The van der Waals surface area contributed by atoms with Gasteiger partial charge in [0.25, 0.3) is 0 Å². The zero-order valence-corrected chi connectivity index (χ0v) is 20.8. The predicted octanol–water partition coefficient (Wildman–Crippen LogP) is 5.16. The average Bonchev–Trinajstić information content (AvgIpc) is 2.86. The maximum atomic E-state index is 4.85. The van der Waals surface area contributed by atoms with Crippen LogP contribution in [0.3, 0.4) is 0 Å². The van der Waals surface area contributed by atoms with E-state index >= 15 is 0 Å². The first kappa shape index (κ1) is 24.3. The second-order valence-electron chi connectivity index (χ2n) is 8.37. The molecule has 0 amide bonds. The molecule has 1 N–H and O–H groups in total. The quantitative estimate of drug-likeness (QED) is 0.560. The molecule has 1 saturated heterocycles. The molecule has 3 aromatic rings. The van der Waals surface area contributed by atoms with Gasteiger partial charge < -0.3 is 20.0 Å². The van der Waals surface area contributed by atoms with Crippen LogP contribution in [0.15, 0.2) is 54.7 Å². The Kier molecular flexibility index (Phi) is 8.46. The van der Waals surface area contributed by atoms with Crippen molar-refractivity contribution in [1.82, 2.24) is 15.0 Å². The number of rotatable bonds is 6. The van der Waals surface area contributed by atoms with Gasteiger partial charge in [-0.05, 0) is 35.7 Å². The van der Waals surface area contributed by atoms with Crippen molar-refractivity contribution in [2.24, 2.45) is 0 Å². The molecule has 33 heavy (non-hydrogen) atoms. The minimum atomic E-state index is 0.482. The van der Waals surface area contributed by atoms with Crippen molar-refractivity contribution in [2.75, 3.05) is 60.3 Å². The predicted molar refractivity (Wildman–Crippen MR) is 140 cm³/mol. The van der Waals surface area contributed by atoms with E-state index in [9.17, 15) is 0 Å². The summed E-state index contributed by atoms with van der Waals surface area (Å²) >= 11 is 0. The smallest absolute Gasteiger partial charge is 0.229 e. The Morgan fingerprint density at radius 2 is 1.61 bits per heavy atom. The van der Waals surface area contributed by atoms with Crippen molar-refractivity contribution in [3.63, 3.8) is 0 Å². The Morgan fingerprint density at radius 3 is 2.24 bits per heavy atom. The SMILES string of the molecule is CC.CC(C)c1cccc(Nc2cc(N(C)C)nc(N3CCN(c4ccccn4)CC3)n2)c1. The van der Waals surface area contributed by atoms with Crippen LogP contribution in [0, 0.1) is 0 Å². The van der Waals surface area contributed by atoms with E-state index < -0.39 is 0 Å². The summed E-state index contributed by atoms with van der Waals surface area (Å²) in [6.45, 7) is 11.9. The zero-order valence-electron chi connectivity index (χ0n) is 20.8. The summed E-state index contributed by atoms with van der Waals surface area (Å²) in [5.41, 5.74) is 2.35. The van der Waals surface area contributed by atoms with Crippen LogP contribution in [0.5, 0.6) is 0 Å². The Hall–Kier alpha value is -3.35. The molecule has 1 aromatic carbocycles. The van der Waals surface area contributed by atoms with Crippen molar-refractivity contribution in [3.8, 4) is 0 Å². The topological polar surface area (TPSA) is 60.4 Å². The molecule has 0 spiro atoms. The number of hydrogen-bond donors (Lipinski definition) is 1. The Labute approximate surface area is 198 Å². The summed E-state index contributed by atoms with van der Waals surface area (Å²) in [6, 6.07) is 16.6. The van der Waals surface area contributed by atoms with Gasteiger partial charge in [-0.25, -0.2) is 4.98 Å². The minimum absolute atomic E-state index is 0.482. The molecule has 1 fully saturated rings. The van der Waals surface area contributed by atoms with E-state index in [1.54, 1.807) is 0 Å². The first-order valence-electron chi connectivity index (χ1n) is 11.8. The zero-order chi connectivity index (χ0) is 23.8. The third kappa shape index (κ3) is 6.34. The van der Waals surface area contributed by atoms with Crippen LogP contribution in [0.25, 0.3) is 0 Å². The lowest BCUT2D eigenvalue weighted by Crippen LogP contribution is -2.47. The van der Waals surface area contributed by atoms with Gasteiger partial charge in [0, 0.05) is 58.2 Å². The van der Waals surface area contributed by atoms with E-state index in [1.807, 2.05) is 57.2 Å². The number of aromatic nitrogens is 3. The molecule has 1 aliphatic rings. The summed E-state index contributed by atoms with van der Waals surface area (Å²) in [5, 5.41) is 3.48. The second-order valence-corrected chi connectivity index (χ2v) is 8.37. The molecule has 4 rings (SSSR count). The van der Waals surface area contributed by atoms with Crippen LogP contribution in [0.4, 0.5) is 29.1 Å². The number of nitrogens with zero attached hydrogens (tertiary/aromatic N) is 6. The fourth-order valence-corrected chi connectivity index (χ4v) is 3.66. The summed E-state index contributed by atoms with van der Waals surface area (Å²) < 4.78 is 0. The third-order valence-corrected chi connectivity index (χ3v) is 5.52. The molecular weight excluding hydrogens is 410 g/mol. The van der Waals surface area contributed by atoms with Gasteiger partial charge in [-0.2, -0.15) is 9.97 Å². The van der Waals surface area contributed by atoms with Gasteiger partial charge in [-0.15, -0.1) is 0 Å². The fourth-order valence-electron chi connectivity index (χ4n) is 3.66. The Bertz CT molecular complexity index is 997. The van der Waals surface area contributed by atoms with Gasteiger partial charge in [0.2, 0.25) is 5.95 Å². The molecule has 7 nitrogen and oxygen atoms in total. The van der Waals surface area contributed by atoms with Crippen molar-refractivity contribution in [2.45, 2.75) is 33.6 Å². The highest BCUT2D eigenvalue weighted by Crippen LogP contribution is 2.25. The molecule has 1 aliphatic heterocycles. The Balaban J connectivity index is 0.00000149. The standard InChI is InChI=1S/C24H31N7.C2H6/c1-18(2)19-8-7-9-20(16-19)26-21-17-23(29(3)4)28-24(27-21)31-14-12-30(13-15-31)22-10-5-6-11-25-22;1-2/h5-11,16-18H,12-15H2,1-4H3,(H,26,27,28);1-2H3. The highest BCUT2D eigenvalue weighted by molar-refractivity contribution is 5.62. The van der Waals surface area contributed by atoms with Crippen molar-refractivity contribution in [3.05, 3.63) is 60.3 Å². The lowest BCUT2D eigenvalue weighted by molar-refractivity contribution is 0.635. The first-order chi connectivity index (χ1) is 16.0. The van der Waals surface area contributed by atoms with Gasteiger partial charge in [-0.1, -0.05) is 45.9 Å². The maximum absolute atomic E-state index is 4.85. The summed E-state index contributed by atoms with van der Waals surface area (Å²) in [6.07, 6.45) is 1.84. The number of anilines is 5. The van der Waals surface area contributed by atoms with E-state index in [-0.39, 0.29) is 0 Å². The summed E-state index contributed by atoms with van der Waals surface area (Å²) in [7, 11) is 4.02. The van der Waals surface area contributed by atoms with E-state index in [1.165, 1.54) is 5.56 Å². The van der Waals surface area contributed by atoms with Crippen LogP contribution < -0.4 is 20.0 Å². The first-order valence-corrected chi connectivity index (χ1v) is 11.8. The van der Waals surface area contributed by atoms with E-state index in [4.69, 9.17) is 9.97 Å². The average molecular weight is 448 g/mol. The lowest BCUT2D eigenvalue weighted by Gasteiger charge is -2.35. The lowest BCUT2D eigenvalue weighted by atomic mass is 10.0. The molecule has 7 heteroatoms. The van der Waals surface area contributed by atoms with Gasteiger partial charge >= 0.3 is 0 Å². The monoisotopic (exact) mass is 447 g/mol. The van der Waals surface area contributed by atoms with E-state index in [2.05, 4.69) is 64.3 Å². The van der Waals surface area contributed by atoms with Gasteiger partial charge in [-0.3, -0.25) is 0 Å². The van der Waals surface area contributed by atoms with Crippen LogP contribution >= 0.6 is 0 Å². The van der Waals surface area contributed by atoms with Crippen LogP contribution in [-0.4, -0.2) is 55.2 Å². The van der Waals surface area contributed by atoms with Crippen molar-refractivity contribution in [1.29, 1.82) is 0 Å². The van der Waals surface area contributed by atoms with Gasteiger partial charge in [0.05, 0.1) is 0 Å². The highest BCUT2D eigenvalue weighted by Gasteiger charge is 2.21. The number of hydrogen-bond acceptors (Lipinski definition) is 7. The van der Waals surface area contributed by atoms with Crippen LogP contribution in [-0.2, 0) is 0 Å². The Morgan fingerprint density at radius 1 is 0.879 bits per heavy atom. The molecule has 0 radical (unpaired) electrons. The number of pyridine rings is 1. The normalized spacial score (nSPS) is 13.4. The largest absolute Gasteiger partial charge is 0.363 e. The van der Waals surface area contributed by atoms with Crippen LogP contribution in [0.1, 0.15) is 39.2 Å². The summed E-state index contributed by atoms with van der Waals surface area (Å²) in [5.74, 6) is 3.96. The highest BCUT2D eigenvalue weighted by atomic mass is 15.3. The van der Waals surface area contributed by atoms with Gasteiger partial charge in [0.1, 0.15) is 17.5 Å². The van der Waals surface area contributed by atoms with Crippen LogP contribution in [0.2, 0.25) is 0 Å². The molecule has 0 aliphatic carbocycles. The second kappa shape index (κ2) is 11.5. The van der Waals surface area contributed by atoms with E-state index in [0.29, 0.717) is 5.92 Å². The molecule has 0 bridgehead atoms. The fraction of sp³-hybridized carbons (Fsp3) is 0.423. The van der Waals surface area contributed by atoms with Crippen molar-refractivity contribution < 1.29 is 0 Å². The summed E-state index contributed by atoms with van der Waals surface area (Å²) in [4.78, 5) is 20.7.